The van der Waals surface area contributed by atoms with Crippen molar-refractivity contribution in [3.8, 4) is 0 Å². The van der Waals surface area contributed by atoms with Crippen LogP contribution in [-0.4, -0.2) is 29.3 Å². The quantitative estimate of drug-likeness (QED) is 0.685. The molecule has 3 heteroatoms. The zero-order valence-corrected chi connectivity index (χ0v) is 11.8. The molecule has 1 aliphatic rings. The molecule has 1 rings (SSSR count). The van der Waals surface area contributed by atoms with E-state index in [1.807, 2.05) is 18.7 Å². The normalized spacial score (nSPS) is 31.6. The molecular formula is C13H24ClNO. The summed E-state index contributed by atoms with van der Waals surface area (Å²) < 4.78 is 0. The molecule has 2 nitrogen and oxygen atoms in total. The van der Waals surface area contributed by atoms with Crippen molar-refractivity contribution < 1.29 is 4.79 Å². The summed E-state index contributed by atoms with van der Waals surface area (Å²) in [5, 5.41) is 0. The van der Waals surface area contributed by atoms with E-state index in [9.17, 15) is 4.79 Å². The predicted octanol–water partition coefficient (Wildman–Crippen LogP) is 3.14. The molecule has 3 unspecified atom stereocenters. The van der Waals surface area contributed by atoms with Crippen molar-refractivity contribution in [2.75, 3.05) is 12.4 Å². The lowest BCUT2D eigenvalue weighted by atomic mass is 9.83. The van der Waals surface area contributed by atoms with Crippen LogP contribution < -0.4 is 0 Å². The second kappa shape index (κ2) is 4.95. The lowest BCUT2D eigenvalue weighted by Crippen LogP contribution is -2.53. The maximum atomic E-state index is 12.4. The van der Waals surface area contributed by atoms with E-state index >= 15 is 0 Å². The van der Waals surface area contributed by atoms with Gasteiger partial charge in [0, 0.05) is 18.5 Å². The molecule has 0 saturated carbocycles. The summed E-state index contributed by atoms with van der Waals surface area (Å²) in [4.78, 5) is 14.4. The number of carbonyl (C=O) groups is 1. The fourth-order valence-corrected chi connectivity index (χ4v) is 2.54. The van der Waals surface area contributed by atoms with Gasteiger partial charge < -0.3 is 4.90 Å². The summed E-state index contributed by atoms with van der Waals surface area (Å²) in [6.45, 7) is 11.3. The van der Waals surface area contributed by atoms with Gasteiger partial charge in [-0.2, -0.15) is 0 Å². The number of rotatable bonds is 2. The van der Waals surface area contributed by atoms with Crippen LogP contribution in [0.25, 0.3) is 0 Å². The Labute approximate surface area is 104 Å². The van der Waals surface area contributed by atoms with Gasteiger partial charge in [0.1, 0.15) is 0 Å². The predicted molar refractivity (Wildman–Crippen MR) is 68.6 cm³/mol. The smallest absolute Gasteiger partial charge is 0.229 e. The Bertz CT molecular complexity index is 265. The van der Waals surface area contributed by atoms with Crippen LogP contribution >= 0.6 is 11.6 Å². The Balaban J connectivity index is 2.82. The largest absolute Gasteiger partial charge is 0.339 e. The SMILES string of the molecule is CC1CC(C)C(C)N(C(=O)C(C)(C)CCl)C1. The van der Waals surface area contributed by atoms with Crippen LogP contribution in [0.3, 0.4) is 0 Å². The number of hydrogen-bond acceptors (Lipinski definition) is 1. The first-order chi connectivity index (χ1) is 7.29. The zero-order chi connectivity index (χ0) is 12.5. The highest BCUT2D eigenvalue weighted by atomic mass is 35.5. The van der Waals surface area contributed by atoms with Crippen molar-refractivity contribution in [1.29, 1.82) is 0 Å². The molecule has 0 aromatic heterocycles. The van der Waals surface area contributed by atoms with Gasteiger partial charge in [0.25, 0.3) is 0 Å². The number of nitrogens with zero attached hydrogens (tertiary/aromatic N) is 1. The average molecular weight is 246 g/mol. The first-order valence-electron chi connectivity index (χ1n) is 6.16. The molecule has 0 aliphatic carbocycles. The summed E-state index contributed by atoms with van der Waals surface area (Å²) in [7, 11) is 0. The third kappa shape index (κ3) is 2.71. The molecule has 1 saturated heterocycles. The third-order valence-corrected chi connectivity index (χ3v) is 4.44. The van der Waals surface area contributed by atoms with Crippen molar-refractivity contribution in [2.24, 2.45) is 17.3 Å². The summed E-state index contributed by atoms with van der Waals surface area (Å²) in [5.74, 6) is 1.77. The molecule has 1 heterocycles. The van der Waals surface area contributed by atoms with Gasteiger partial charge in [-0.25, -0.2) is 0 Å². The van der Waals surface area contributed by atoms with Crippen LogP contribution in [0.2, 0.25) is 0 Å². The number of amides is 1. The van der Waals surface area contributed by atoms with Gasteiger partial charge in [-0.15, -0.1) is 11.6 Å². The lowest BCUT2D eigenvalue weighted by Gasteiger charge is -2.44. The van der Waals surface area contributed by atoms with Crippen LogP contribution in [-0.2, 0) is 4.79 Å². The molecule has 0 bridgehead atoms. The number of likely N-dealkylation sites (tertiary alicyclic amines) is 1. The number of halogens is 1. The summed E-state index contributed by atoms with van der Waals surface area (Å²) >= 11 is 5.88. The summed E-state index contributed by atoms with van der Waals surface area (Å²) in [5.41, 5.74) is -0.438. The van der Waals surface area contributed by atoms with E-state index in [-0.39, 0.29) is 5.91 Å². The topological polar surface area (TPSA) is 20.3 Å². The Kier molecular flexibility index (Phi) is 4.28. The molecule has 0 aromatic carbocycles. The van der Waals surface area contributed by atoms with Crippen LogP contribution in [0.15, 0.2) is 0 Å². The molecular weight excluding hydrogens is 222 g/mol. The molecule has 1 aliphatic heterocycles. The van der Waals surface area contributed by atoms with Crippen LogP contribution in [0.1, 0.15) is 41.0 Å². The molecule has 0 spiro atoms. The van der Waals surface area contributed by atoms with Crippen molar-refractivity contribution in [2.45, 2.75) is 47.1 Å². The van der Waals surface area contributed by atoms with E-state index in [1.165, 1.54) is 6.42 Å². The Morgan fingerprint density at radius 3 is 2.44 bits per heavy atom. The highest BCUT2D eigenvalue weighted by molar-refractivity contribution is 6.19. The maximum absolute atomic E-state index is 12.4. The fraction of sp³-hybridized carbons (Fsp3) is 0.923. The maximum Gasteiger partial charge on any atom is 0.229 e. The van der Waals surface area contributed by atoms with Gasteiger partial charge >= 0.3 is 0 Å². The summed E-state index contributed by atoms with van der Waals surface area (Å²) in [6, 6.07) is 0.339. The van der Waals surface area contributed by atoms with Crippen molar-refractivity contribution in [3.63, 3.8) is 0 Å². The second-order valence-corrected chi connectivity index (χ2v) is 6.30. The van der Waals surface area contributed by atoms with Crippen LogP contribution in [0.5, 0.6) is 0 Å². The van der Waals surface area contributed by atoms with Gasteiger partial charge in [-0.05, 0) is 39.0 Å². The molecule has 16 heavy (non-hydrogen) atoms. The summed E-state index contributed by atoms with van der Waals surface area (Å²) in [6.07, 6.45) is 1.21. The first kappa shape index (κ1) is 13.8. The van der Waals surface area contributed by atoms with Crippen LogP contribution in [0, 0.1) is 17.3 Å². The van der Waals surface area contributed by atoms with Gasteiger partial charge in [-0.1, -0.05) is 13.8 Å². The number of carbonyl (C=O) groups excluding carboxylic acids is 1. The van der Waals surface area contributed by atoms with Gasteiger partial charge in [-0.3, -0.25) is 4.79 Å². The Hall–Kier alpha value is -0.240. The molecule has 0 aromatic rings. The van der Waals surface area contributed by atoms with Gasteiger partial charge in [0.2, 0.25) is 5.91 Å². The first-order valence-corrected chi connectivity index (χ1v) is 6.70. The van der Waals surface area contributed by atoms with E-state index in [4.69, 9.17) is 11.6 Å². The minimum absolute atomic E-state index is 0.202. The Morgan fingerprint density at radius 2 is 1.94 bits per heavy atom. The highest BCUT2D eigenvalue weighted by Gasteiger charge is 2.38. The average Bonchev–Trinajstić information content (AvgIpc) is 2.22. The minimum Gasteiger partial charge on any atom is -0.339 e. The van der Waals surface area contributed by atoms with E-state index in [1.54, 1.807) is 0 Å². The molecule has 0 N–H and O–H groups in total. The zero-order valence-electron chi connectivity index (χ0n) is 11.1. The minimum atomic E-state index is -0.438. The van der Waals surface area contributed by atoms with E-state index in [2.05, 4.69) is 20.8 Å². The third-order valence-electron chi connectivity index (χ3n) is 3.77. The number of hydrogen-bond donors (Lipinski definition) is 0. The van der Waals surface area contributed by atoms with Crippen LogP contribution in [0.4, 0.5) is 0 Å². The molecule has 1 amide bonds. The highest BCUT2D eigenvalue weighted by Crippen LogP contribution is 2.31. The Morgan fingerprint density at radius 1 is 1.38 bits per heavy atom. The number of piperidine rings is 1. The fourth-order valence-electron chi connectivity index (χ4n) is 2.43. The van der Waals surface area contributed by atoms with E-state index in [0.717, 1.165) is 6.54 Å². The second-order valence-electron chi connectivity index (χ2n) is 6.03. The van der Waals surface area contributed by atoms with E-state index < -0.39 is 5.41 Å². The van der Waals surface area contributed by atoms with Gasteiger partial charge in [0.15, 0.2) is 0 Å². The molecule has 94 valence electrons. The number of alkyl halides is 1. The standard InChI is InChI=1S/C13H24ClNO/c1-9-6-10(2)11(3)15(7-9)12(16)13(4,5)8-14/h9-11H,6-8H2,1-5H3. The monoisotopic (exact) mass is 245 g/mol. The van der Waals surface area contributed by atoms with E-state index in [0.29, 0.717) is 23.8 Å². The molecule has 1 fully saturated rings. The molecule has 0 radical (unpaired) electrons. The van der Waals surface area contributed by atoms with Gasteiger partial charge in [0.05, 0.1) is 5.41 Å². The van der Waals surface area contributed by atoms with Crippen molar-refractivity contribution >= 4 is 17.5 Å². The molecule has 3 atom stereocenters. The lowest BCUT2D eigenvalue weighted by molar-refractivity contribution is -0.145. The van der Waals surface area contributed by atoms with Crippen molar-refractivity contribution in [1.82, 2.24) is 4.90 Å². The van der Waals surface area contributed by atoms with Crippen molar-refractivity contribution in [3.05, 3.63) is 0 Å².